The van der Waals surface area contributed by atoms with Crippen LogP contribution in [-0.4, -0.2) is 28.3 Å². The summed E-state index contributed by atoms with van der Waals surface area (Å²) in [6.07, 6.45) is 5.71. The Labute approximate surface area is 164 Å². The van der Waals surface area contributed by atoms with Gasteiger partial charge in [-0.1, -0.05) is 42.5 Å². The number of nitrogens with zero attached hydrogens (tertiary/aromatic N) is 3. The van der Waals surface area contributed by atoms with Crippen molar-refractivity contribution >= 4 is 16.9 Å². The molecule has 142 valence electrons. The first-order chi connectivity index (χ1) is 13.5. The molecule has 0 spiro atoms. The molecule has 28 heavy (non-hydrogen) atoms. The second kappa shape index (κ2) is 7.09. The van der Waals surface area contributed by atoms with E-state index in [9.17, 15) is 0 Å². The molecule has 0 aliphatic carbocycles. The summed E-state index contributed by atoms with van der Waals surface area (Å²) in [6.45, 7) is 2.82. The molecule has 0 saturated carbocycles. The first kappa shape index (κ1) is 18.2. The minimum absolute atomic E-state index is 0.272. The molecule has 0 aliphatic rings. The fourth-order valence-corrected chi connectivity index (χ4v) is 3.90. The number of hydrogen-bond donors (Lipinski definition) is 1. The molecule has 4 aromatic rings. The van der Waals surface area contributed by atoms with Crippen LogP contribution in [0.3, 0.4) is 0 Å². The molecule has 5 heteroatoms. The van der Waals surface area contributed by atoms with Crippen LogP contribution >= 0.6 is 0 Å². The minimum atomic E-state index is -0.272. The van der Waals surface area contributed by atoms with E-state index in [0.717, 1.165) is 11.1 Å². The van der Waals surface area contributed by atoms with Crippen molar-refractivity contribution in [2.24, 2.45) is 7.05 Å². The van der Waals surface area contributed by atoms with Crippen molar-refractivity contribution in [2.45, 2.75) is 12.3 Å². The zero-order valence-electron chi connectivity index (χ0n) is 16.4. The van der Waals surface area contributed by atoms with Crippen LogP contribution < -0.4 is 5.73 Å². The molecule has 0 amide bonds. The smallest absolute Gasteiger partial charge is 0.219 e. The molecule has 1 unspecified atom stereocenters. The Hall–Kier alpha value is -3.18. The maximum atomic E-state index is 5.66. The molecule has 4 rings (SSSR count). The Kier molecular flexibility index (Phi) is 4.61. The van der Waals surface area contributed by atoms with Crippen molar-refractivity contribution in [1.82, 2.24) is 14.5 Å². The van der Waals surface area contributed by atoms with E-state index in [1.807, 2.05) is 0 Å². The number of hydrogen-bond acceptors (Lipinski definition) is 4. The van der Waals surface area contributed by atoms with Crippen LogP contribution in [0.4, 0.5) is 5.95 Å². The molecule has 2 aromatic carbocycles. The minimum Gasteiger partial charge on any atom is -0.383 e. The summed E-state index contributed by atoms with van der Waals surface area (Å²) in [6, 6.07) is 17.0. The second-order valence-corrected chi connectivity index (χ2v) is 7.34. The first-order valence-electron chi connectivity index (χ1n) is 9.25. The third-order valence-electron chi connectivity index (χ3n) is 5.45. The molecule has 0 radical (unpaired) electrons. The van der Waals surface area contributed by atoms with E-state index in [4.69, 9.17) is 10.5 Å². The number of nitrogens with two attached hydrogens (primary N) is 1. The van der Waals surface area contributed by atoms with Crippen LogP contribution in [0.15, 0.2) is 67.1 Å². The van der Waals surface area contributed by atoms with Crippen molar-refractivity contribution < 1.29 is 4.74 Å². The third-order valence-corrected chi connectivity index (χ3v) is 5.45. The van der Waals surface area contributed by atoms with Gasteiger partial charge in [-0.25, -0.2) is 9.97 Å². The van der Waals surface area contributed by atoms with E-state index in [1.54, 1.807) is 19.5 Å². The normalized spacial score (nSPS) is 13.5. The summed E-state index contributed by atoms with van der Waals surface area (Å²) in [5, 5.41) is 1.25. The Bertz CT molecular complexity index is 1100. The van der Waals surface area contributed by atoms with Crippen LogP contribution in [0.5, 0.6) is 0 Å². The first-order valence-corrected chi connectivity index (χ1v) is 9.25. The van der Waals surface area contributed by atoms with Gasteiger partial charge in [-0.3, -0.25) is 0 Å². The van der Waals surface area contributed by atoms with E-state index in [2.05, 4.69) is 83.2 Å². The van der Waals surface area contributed by atoms with E-state index >= 15 is 0 Å². The predicted octanol–water partition coefficient (Wildman–Crippen LogP) is 4.17. The average Bonchev–Trinajstić information content (AvgIpc) is 3.06. The van der Waals surface area contributed by atoms with Crippen LogP contribution in [0.1, 0.15) is 18.1 Å². The number of benzene rings is 2. The number of rotatable bonds is 5. The lowest BCUT2D eigenvalue weighted by Gasteiger charge is -2.30. The summed E-state index contributed by atoms with van der Waals surface area (Å²) in [4.78, 5) is 8.17. The highest BCUT2D eigenvalue weighted by Crippen LogP contribution is 2.38. The largest absolute Gasteiger partial charge is 0.383 e. The third kappa shape index (κ3) is 3.04. The van der Waals surface area contributed by atoms with Gasteiger partial charge in [-0.15, -0.1) is 0 Å². The number of methoxy groups -OCH3 is 1. The maximum Gasteiger partial charge on any atom is 0.219 e. The molecule has 0 saturated heterocycles. The lowest BCUT2D eigenvalue weighted by molar-refractivity contribution is 0.156. The maximum absolute atomic E-state index is 5.66. The van der Waals surface area contributed by atoms with Crippen molar-refractivity contribution in [3.8, 4) is 11.1 Å². The van der Waals surface area contributed by atoms with Crippen LogP contribution in [0.25, 0.3) is 22.0 Å². The highest BCUT2D eigenvalue weighted by molar-refractivity contribution is 5.85. The molecule has 1 atom stereocenters. The summed E-state index contributed by atoms with van der Waals surface area (Å²) in [7, 11) is 3.84. The fraction of sp³-hybridized carbons (Fsp3) is 0.217. The summed E-state index contributed by atoms with van der Waals surface area (Å²) < 4.78 is 7.84. The number of aryl methyl sites for hydroxylation is 1. The van der Waals surface area contributed by atoms with E-state index in [0.29, 0.717) is 6.61 Å². The lowest BCUT2D eigenvalue weighted by Crippen LogP contribution is -2.29. The van der Waals surface area contributed by atoms with E-state index in [1.165, 1.54) is 22.0 Å². The highest BCUT2D eigenvalue weighted by Gasteiger charge is 2.32. The standard InChI is InChI=1S/C23H24N4O/c1-23(15-28-3,20-14-27(2)21-7-5-4-6-19(20)21)18-10-8-16(9-11-18)17-12-25-22(24)26-13-17/h4-14H,15H2,1-3H3,(H2,24,25,26). The number of ether oxygens (including phenoxy) is 1. The molecule has 0 fully saturated rings. The number of fused-ring (bicyclic) bond motifs is 1. The van der Waals surface area contributed by atoms with Gasteiger partial charge in [0.1, 0.15) is 0 Å². The van der Waals surface area contributed by atoms with Crippen molar-refractivity contribution in [1.29, 1.82) is 0 Å². The molecule has 0 aliphatic heterocycles. The Morgan fingerprint density at radius 1 is 1.00 bits per heavy atom. The Morgan fingerprint density at radius 3 is 2.36 bits per heavy atom. The predicted molar refractivity (Wildman–Crippen MR) is 113 cm³/mol. The van der Waals surface area contributed by atoms with Gasteiger partial charge in [0.05, 0.1) is 6.61 Å². The SMILES string of the molecule is COCC(C)(c1ccc(-c2cnc(N)nc2)cc1)c1cn(C)c2ccccc12. The average molecular weight is 372 g/mol. The van der Waals surface area contributed by atoms with Crippen molar-refractivity contribution in [2.75, 3.05) is 19.5 Å². The van der Waals surface area contributed by atoms with E-state index in [-0.39, 0.29) is 11.4 Å². The van der Waals surface area contributed by atoms with Gasteiger partial charge in [-0.05, 0) is 29.7 Å². The number of para-hydroxylation sites is 1. The monoisotopic (exact) mass is 372 g/mol. The van der Waals surface area contributed by atoms with Gasteiger partial charge in [-0.2, -0.15) is 0 Å². The van der Waals surface area contributed by atoms with Crippen molar-refractivity contribution in [3.05, 3.63) is 78.2 Å². The fourth-order valence-electron chi connectivity index (χ4n) is 3.90. The molecule has 0 bridgehead atoms. The number of aromatic nitrogens is 3. The molecule has 5 nitrogen and oxygen atoms in total. The number of anilines is 1. The summed E-state index contributed by atoms with van der Waals surface area (Å²) >= 11 is 0. The van der Waals surface area contributed by atoms with Gasteiger partial charge >= 0.3 is 0 Å². The lowest BCUT2D eigenvalue weighted by atomic mass is 9.76. The van der Waals surface area contributed by atoms with Crippen molar-refractivity contribution in [3.63, 3.8) is 0 Å². The van der Waals surface area contributed by atoms with Gasteiger partial charge in [0, 0.05) is 54.6 Å². The summed E-state index contributed by atoms with van der Waals surface area (Å²) in [5.41, 5.74) is 11.0. The van der Waals surface area contributed by atoms with E-state index < -0.39 is 0 Å². The molecular weight excluding hydrogens is 348 g/mol. The molecular formula is C23H24N4O. The van der Waals surface area contributed by atoms with Gasteiger partial charge < -0.3 is 15.0 Å². The second-order valence-electron chi connectivity index (χ2n) is 7.34. The van der Waals surface area contributed by atoms with Gasteiger partial charge in [0.2, 0.25) is 5.95 Å². The van der Waals surface area contributed by atoms with Crippen LogP contribution in [0.2, 0.25) is 0 Å². The zero-order valence-corrected chi connectivity index (χ0v) is 16.4. The Morgan fingerprint density at radius 2 is 1.68 bits per heavy atom. The molecule has 2 aromatic heterocycles. The zero-order chi connectivity index (χ0) is 19.7. The Balaban J connectivity index is 1.79. The van der Waals surface area contributed by atoms with Crippen LogP contribution in [-0.2, 0) is 17.2 Å². The molecule has 2 heterocycles. The van der Waals surface area contributed by atoms with Crippen LogP contribution in [0, 0.1) is 0 Å². The topological polar surface area (TPSA) is 66.0 Å². The quantitative estimate of drug-likeness (QED) is 0.571. The van der Waals surface area contributed by atoms with Gasteiger partial charge in [0.25, 0.3) is 0 Å². The number of nitrogen functional groups attached to an aromatic ring is 1. The molecule has 2 N–H and O–H groups in total. The van der Waals surface area contributed by atoms with Gasteiger partial charge in [0.15, 0.2) is 0 Å². The highest BCUT2D eigenvalue weighted by atomic mass is 16.5. The summed E-state index contributed by atoms with van der Waals surface area (Å²) in [5.74, 6) is 0.281.